The monoisotopic (exact) mass is 354 g/mol. The minimum absolute atomic E-state index is 0.0359. The first-order valence-corrected chi connectivity index (χ1v) is 8.30. The Kier molecular flexibility index (Phi) is 6.21. The van der Waals surface area contributed by atoms with E-state index in [1.807, 2.05) is 24.3 Å². The number of anilines is 1. The van der Waals surface area contributed by atoms with Crippen LogP contribution in [0.3, 0.4) is 0 Å². The number of carbonyl (C=O) groups excluding carboxylic acids is 1. The zero-order valence-corrected chi connectivity index (χ0v) is 13.8. The summed E-state index contributed by atoms with van der Waals surface area (Å²) in [5.74, 6) is -0.0641. The Morgan fingerprint density at radius 3 is 2.62 bits per heavy atom. The molecule has 2 rings (SSSR count). The predicted molar refractivity (Wildman–Crippen MR) is 88.2 cm³/mol. The van der Waals surface area contributed by atoms with Gasteiger partial charge in [-0.05, 0) is 40.9 Å². The predicted octanol–water partition coefficient (Wildman–Crippen LogP) is 2.92. The number of halogens is 1. The van der Waals surface area contributed by atoms with Crippen LogP contribution >= 0.6 is 15.9 Å². The number of para-hydroxylation sites is 1. The maximum absolute atomic E-state index is 11.9. The Labute approximate surface area is 134 Å². The summed E-state index contributed by atoms with van der Waals surface area (Å²) < 4.78 is 0.873. The van der Waals surface area contributed by atoms with Gasteiger partial charge in [0.15, 0.2) is 0 Å². The van der Waals surface area contributed by atoms with Crippen molar-refractivity contribution in [2.45, 2.75) is 32.1 Å². The van der Waals surface area contributed by atoms with E-state index in [4.69, 9.17) is 0 Å². The molecule has 1 aromatic rings. The standard InChI is InChI=1S/C16H23BrN2O2/c17-13-6-2-3-7-14(13)19-15(21)10-18-11-16(12-20)8-4-1-5-9-16/h2-3,6-7,18,20H,1,4-5,8-12H2,(H,19,21). The van der Waals surface area contributed by atoms with Crippen LogP contribution in [0.1, 0.15) is 32.1 Å². The Hall–Kier alpha value is -0.910. The molecule has 1 aliphatic rings. The van der Waals surface area contributed by atoms with Gasteiger partial charge >= 0.3 is 0 Å². The van der Waals surface area contributed by atoms with E-state index in [9.17, 15) is 9.90 Å². The van der Waals surface area contributed by atoms with Crippen LogP contribution in [0.15, 0.2) is 28.7 Å². The Balaban J connectivity index is 1.77. The van der Waals surface area contributed by atoms with Gasteiger partial charge in [-0.15, -0.1) is 0 Å². The van der Waals surface area contributed by atoms with Crippen molar-refractivity contribution < 1.29 is 9.90 Å². The Morgan fingerprint density at radius 2 is 1.95 bits per heavy atom. The third-order valence-corrected chi connectivity index (χ3v) is 4.87. The summed E-state index contributed by atoms with van der Waals surface area (Å²) in [6, 6.07) is 7.55. The summed E-state index contributed by atoms with van der Waals surface area (Å²) >= 11 is 3.41. The highest BCUT2D eigenvalue weighted by molar-refractivity contribution is 9.10. The van der Waals surface area contributed by atoms with Gasteiger partial charge in [0.05, 0.1) is 12.2 Å². The third kappa shape index (κ3) is 4.80. The molecule has 0 aliphatic heterocycles. The van der Waals surface area contributed by atoms with E-state index in [1.165, 1.54) is 19.3 Å². The molecule has 0 atom stereocenters. The highest BCUT2D eigenvalue weighted by Gasteiger charge is 2.30. The largest absolute Gasteiger partial charge is 0.396 e. The van der Waals surface area contributed by atoms with Gasteiger partial charge in [0.2, 0.25) is 5.91 Å². The number of nitrogens with one attached hydrogen (secondary N) is 2. The lowest BCUT2D eigenvalue weighted by Crippen LogP contribution is -2.41. The van der Waals surface area contributed by atoms with Gasteiger partial charge in [-0.1, -0.05) is 31.4 Å². The van der Waals surface area contributed by atoms with Crippen LogP contribution in [0, 0.1) is 5.41 Å². The zero-order chi connectivity index (χ0) is 15.1. The van der Waals surface area contributed by atoms with Crippen LogP contribution in [0.4, 0.5) is 5.69 Å². The van der Waals surface area contributed by atoms with Crippen molar-refractivity contribution in [1.82, 2.24) is 5.32 Å². The molecule has 0 radical (unpaired) electrons. The fourth-order valence-electron chi connectivity index (χ4n) is 2.89. The molecule has 1 aromatic carbocycles. The number of aliphatic hydroxyl groups is 1. The lowest BCUT2D eigenvalue weighted by atomic mass is 9.74. The Morgan fingerprint density at radius 1 is 1.24 bits per heavy atom. The summed E-state index contributed by atoms with van der Waals surface area (Å²) in [5.41, 5.74) is 0.741. The molecule has 0 aromatic heterocycles. The maximum Gasteiger partial charge on any atom is 0.238 e. The Bertz CT molecular complexity index is 473. The summed E-state index contributed by atoms with van der Waals surface area (Å²) in [6.45, 7) is 1.17. The molecule has 4 nitrogen and oxygen atoms in total. The van der Waals surface area contributed by atoms with E-state index < -0.39 is 0 Å². The van der Waals surface area contributed by atoms with Crippen molar-refractivity contribution in [3.8, 4) is 0 Å². The summed E-state index contributed by atoms with van der Waals surface area (Å²) in [7, 11) is 0. The normalized spacial score (nSPS) is 17.4. The third-order valence-electron chi connectivity index (χ3n) is 4.18. The number of hydrogen-bond acceptors (Lipinski definition) is 3. The zero-order valence-electron chi connectivity index (χ0n) is 12.2. The maximum atomic E-state index is 11.9. The van der Waals surface area contributed by atoms with Gasteiger partial charge in [-0.25, -0.2) is 0 Å². The van der Waals surface area contributed by atoms with Crippen molar-refractivity contribution >= 4 is 27.5 Å². The number of rotatable bonds is 6. The SMILES string of the molecule is O=C(CNCC1(CO)CCCCC1)Nc1ccccc1Br. The number of aliphatic hydroxyl groups excluding tert-OH is 1. The lowest BCUT2D eigenvalue weighted by molar-refractivity contribution is -0.115. The van der Waals surface area contributed by atoms with E-state index >= 15 is 0 Å². The topological polar surface area (TPSA) is 61.4 Å². The van der Waals surface area contributed by atoms with Gasteiger partial charge in [0, 0.05) is 23.0 Å². The second-order valence-corrected chi connectivity index (χ2v) is 6.70. The van der Waals surface area contributed by atoms with Gasteiger partial charge in [0.25, 0.3) is 0 Å². The van der Waals surface area contributed by atoms with Gasteiger partial charge in [-0.2, -0.15) is 0 Å². The molecule has 1 saturated carbocycles. The van der Waals surface area contributed by atoms with Crippen LogP contribution in [0.2, 0.25) is 0 Å². The van der Waals surface area contributed by atoms with Crippen LogP contribution in [-0.4, -0.2) is 30.7 Å². The second kappa shape index (κ2) is 7.92. The number of hydrogen-bond donors (Lipinski definition) is 3. The minimum atomic E-state index is -0.0641. The summed E-state index contributed by atoms with van der Waals surface area (Å²) in [5, 5.41) is 15.7. The van der Waals surface area contributed by atoms with Crippen molar-refractivity contribution in [3.05, 3.63) is 28.7 Å². The second-order valence-electron chi connectivity index (χ2n) is 5.85. The van der Waals surface area contributed by atoms with Crippen LogP contribution < -0.4 is 10.6 Å². The van der Waals surface area contributed by atoms with Gasteiger partial charge in [-0.3, -0.25) is 4.79 Å². The van der Waals surface area contributed by atoms with Crippen molar-refractivity contribution in [2.75, 3.05) is 25.0 Å². The van der Waals surface area contributed by atoms with Crippen LogP contribution in [0.5, 0.6) is 0 Å². The molecule has 0 spiro atoms. The first-order valence-electron chi connectivity index (χ1n) is 7.51. The number of benzene rings is 1. The molecule has 3 N–H and O–H groups in total. The molecule has 0 heterocycles. The van der Waals surface area contributed by atoms with E-state index in [2.05, 4.69) is 26.6 Å². The number of carbonyl (C=O) groups is 1. The molecule has 1 amide bonds. The lowest BCUT2D eigenvalue weighted by Gasteiger charge is -2.35. The number of amides is 1. The fourth-order valence-corrected chi connectivity index (χ4v) is 3.27. The van der Waals surface area contributed by atoms with Crippen molar-refractivity contribution in [2.24, 2.45) is 5.41 Å². The summed E-state index contributed by atoms with van der Waals surface area (Å²) in [6.07, 6.45) is 5.69. The van der Waals surface area contributed by atoms with E-state index in [1.54, 1.807) is 0 Å². The fraction of sp³-hybridized carbons (Fsp3) is 0.562. The van der Waals surface area contributed by atoms with E-state index in [0.29, 0.717) is 6.54 Å². The van der Waals surface area contributed by atoms with Crippen LogP contribution in [0.25, 0.3) is 0 Å². The van der Waals surface area contributed by atoms with Crippen molar-refractivity contribution in [3.63, 3.8) is 0 Å². The first-order chi connectivity index (χ1) is 10.2. The molecule has 116 valence electrons. The first kappa shape index (κ1) is 16.5. The molecule has 1 aliphatic carbocycles. The molecule has 1 fully saturated rings. The summed E-state index contributed by atoms with van der Waals surface area (Å²) in [4.78, 5) is 11.9. The minimum Gasteiger partial charge on any atom is -0.396 e. The molecular weight excluding hydrogens is 332 g/mol. The average molecular weight is 355 g/mol. The molecule has 0 saturated heterocycles. The quantitative estimate of drug-likeness (QED) is 0.735. The molecule has 0 bridgehead atoms. The van der Waals surface area contributed by atoms with Gasteiger partial charge in [0.1, 0.15) is 0 Å². The highest BCUT2D eigenvalue weighted by atomic mass is 79.9. The van der Waals surface area contributed by atoms with Crippen LogP contribution in [-0.2, 0) is 4.79 Å². The highest BCUT2D eigenvalue weighted by Crippen LogP contribution is 2.35. The molecular formula is C16H23BrN2O2. The average Bonchev–Trinajstić information content (AvgIpc) is 2.50. The molecule has 5 heteroatoms. The van der Waals surface area contributed by atoms with Gasteiger partial charge < -0.3 is 15.7 Å². The molecule has 21 heavy (non-hydrogen) atoms. The smallest absolute Gasteiger partial charge is 0.238 e. The molecule has 0 unspecified atom stereocenters. The van der Waals surface area contributed by atoms with E-state index in [-0.39, 0.29) is 24.5 Å². The van der Waals surface area contributed by atoms with Crippen molar-refractivity contribution in [1.29, 1.82) is 0 Å². The van der Waals surface area contributed by atoms with E-state index in [0.717, 1.165) is 23.0 Å².